The second-order valence-corrected chi connectivity index (χ2v) is 4.62. The maximum Gasteiger partial charge on any atom is 0.321 e. The molecule has 94 valence electrons. The lowest BCUT2D eigenvalue weighted by molar-refractivity contribution is 0.251. The molecule has 0 spiro atoms. The largest absolute Gasteiger partial charge is 0.334 e. The van der Waals surface area contributed by atoms with Gasteiger partial charge in [-0.3, -0.25) is 5.32 Å². The Labute approximate surface area is 108 Å². The van der Waals surface area contributed by atoms with E-state index in [1.807, 2.05) is 0 Å². The summed E-state index contributed by atoms with van der Waals surface area (Å²) >= 11 is 1.34. The molecule has 0 aliphatic heterocycles. The van der Waals surface area contributed by atoms with Crippen molar-refractivity contribution >= 4 is 22.5 Å². The monoisotopic (exact) mass is 265 g/mol. The van der Waals surface area contributed by atoms with Crippen molar-refractivity contribution in [3.05, 3.63) is 46.7 Å². The third-order valence-corrected chi connectivity index (χ3v) is 3.02. The molecular weight excluding hydrogens is 253 g/mol. The van der Waals surface area contributed by atoms with Gasteiger partial charge in [-0.15, -0.1) is 11.3 Å². The van der Waals surface area contributed by atoms with Gasteiger partial charge in [0, 0.05) is 18.1 Å². The summed E-state index contributed by atoms with van der Waals surface area (Å²) in [4.78, 5) is 15.4. The van der Waals surface area contributed by atoms with Crippen molar-refractivity contribution < 1.29 is 9.18 Å². The standard InChI is InChI=1S/C12H12FN3OS/c1-8-6-9(2-3-10(8)13)7-15-11(17)16-12-14-4-5-18-12/h2-6H,7H2,1H3,(H2,14,15,16,17). The van der Waals surface area contributed by atoms with Gasteiger partial charge in [0.25, 0.3) is 0 Å². The number of hydrogen-bond donors (Lipinski definition) is 2. The van der Waals surface area contributed by atoms with Crippen LogP contribution in [0.15, 0.2) is 29.8 Å². The van der Waals surface area contributed by atoms with Crippen molar-refractivity contribution in [3.8, 4) is 0 Å². The first-order chi connectivity index (χ1) is 8.65. The third-order valence-electron chi connectivity index (χ3n) is 2.33. The van der Waals surface area contributed by atoms with Crippen LogP contribution >= 0.6 is 11.3 Å². The van der Waals surface area contributed by atoms with Gasteiger partial charge in [0.2, 0.25) is 0 Å². The Balaban J connectivity index is 1.87. The lowest BCUT2D eigenvalue weighted by atomic mass is 10.1. The Morgan fingerprint density at radius 1 is 1.50 bits per heavy atom. The normalized spacial score (nSPS) is 10.1. The van der Waals surface area contributed by atoms with Gasteiger partial charge in [-0.2, -0.15) is 0 Å². The lowest BCUT2D eigenvalue weighted by Crippen LogP contribution is -2.28. The summed E-state index contributed by atoms with van der Waals surface area (Å²) in [5.41, 5.74) is 1.41. The first kappa shape index (κ1) is 12.5. The number of halogens is 1. The smallest absolute Gasteiger partial charge is 0.321 e. The number of hydrogen-bond acceptors (Lipinski definition) is 3. The number of carbonyl (C=O) groups is 1. The van der Waals surface area contributed by atoms with Crippen LogP contribution in [0.3, 0.4) is 0 Å². The Morgan fingerprint density at radius 3 is 3.00 bits per heavy atom. The summed E-state index contributed by atoms with van der Waals surface area (Å²) in [5, 5.41) is 7.60. The fourth-order valence-corrected chi connectivity index (χ4v) is 1.95. The summed E-state index contributed by atoms with van der Waals surface area (Å²) in [6.07, 6.45) is 1.61. The number of anilines is 1. The molecule has 0 radical (unpaired) electrons. The minimum atomic E-state index is -0.327. The molecular formula is C12H12FN3OS. The van der Waals surface area contributed by atoms with Crippen molar-refractivity contribution in [2.75, 3.05) is 5.32 Å². The Kier molecular flexibility index (Phi) is 3.88. The molecule has 2 amide bonds. The molecule has 6 heteroatoms. The number of thiazole rings is 1. The van der Waals surface area contributed by atoms with Crippen LogP contribution in [-0.4, -0.2) is 11.0 Å². The highest BCUT2D eigenvalue weighted by molar-refractivity contribution is 7.13. The van der Waals surface area contributed by atoms with E-state index in [4.69, 9.17) is 0 Å². The highest BCUT2D eigenvalue weighted by Gasteiger charge is 2.04. The van der Waals surface area contributed by atoms with Crippen molar-refractivity contribution in [1.82, 2.24) is 10.3 Å². The number of benzene rings is 1. The molecule has 0 unspecified atom stereocenters. The average Bonchev–Trinajstić information content (AvgIpc) is 2.83. The third kappa shape index (κ3) is 3.27. The van der Waals surface area contributed by atoms with Gasteiger partial charge in [-0.25, -0.2) is 14.2 Å². The van der Waals surface area contributed by atoms with E-state index in [1.54, 1.807) is 30.6 Å². The van der Waals surface area contributed by atoms with Crippen molar-refractivity contribution in [3.63, 3.8) is 0 Å². The highest BCUT2D eigenvalue weighted by Crippen LogP contribution is 2.11. The van der Waals surface area contributed by atoms with Crippen LogP contribution < -0.4 is 10.6 Å². The van der Waals surface area contributed by atoms with Crippen LogP contribution in [0.25, 0.3) is 0 Å². The average molecular weight is 265 g/mol. The molecule has 0 aliphatic rings. The van der Waals surface area contributed by atoms with Gasteiger partial charge >= 0.3 is 6.03 Å². The van der Waals surface area contributed by atoms with Gasteiger partial charge in [0.15, 0.2) is 5.13 Å². The second-order valence-electron chi connectivity index (χ2n) is 3.73. The molecule has 0 fully saturated rings. The lowest BCUT2D eigenvalue weighted by Gasteiger charge is -2.06. The minimum Gasteiger partial charge on any atom is -0.334 e. The van der Waals surface area contributed by atoms with Gasteiger partial charge in [0.1, 0.15) is 5.82 Å². The maximum absolute atomic E-state index is 13.0. The SMILES string of the molecule is Cc1cc(CNC(=O)Nc2nccs2)ccc1F. The van der Waals surface area contributed by atoms with Gasteiger partial charge < -0.3 is 5.32 Å². The van der Waals surface area contributed by atoms with E-state index in [1.165, 1.54) is 17.4 Å². The van der Waals surface area contributed by atoms with Crippen LogP contribution in [0, 0.1) is 12.7 Å². The van der Waals surface area contributed by atoms with Crippen LogP contribution in [0.5, 0.6) is 0 Å². The topological polar surface area (TPSA) is 54.0 Å². The molecule has 0 bridgehead atoms. The quantitative estimate of drug-likeness (QED) is 0.896. The van der Waals surface area contributed by atoms with E-state index >= 15 is 0 Å². The summed E-state index contributed by atoms with van der Waals surface area (Å²) < 4.78 is 13.0. The Hall–Kier alpha value is -1.95. The minimum absolute atomic E-state index is 0.244. The van der Waals surface area contributed by atoms with Crippen LogP contribution in [0.2, 0.25) is 0 Å². The Morgan fingerprint density at radius 2 is 2.33 bits per heavy atom. The predicted molar refractivity (Wildman–Crippen MR) is 69.1 cm³/mol. The van der Waals surface area contributed by atoms with E-state index in [9.17, 15) is 9.18 Å². The highest BCUT2D eigenvalue weighted by atomic mass is 32.1. The number of nitrogens with one attached hydrogen (secondary N) is 2. The molecule has 1 aromatic carbocycles. The summed E-state index contributed by atoms with van der Waals surface area (Å²) in [5.74, 6) is -0.244. The molecule has 2 aromatic rings. The van der Waals surface area contributed by atoms with Crippen LogP contribution in [0.1, 0.15) is 11.1 Å². The molecule has 1 aromatic heterocycles. The molecule has 4 nitrogen and oxygen atoms in total. The number of nitrogens with zero attached hydrogens (tertiary/aromatic N) is 1. The molecule has 0 saturated carbocycles. The fraction of sp³-hybridized carbons (Fsp3) is 0.167. The fourth-order valence-electron chi connectivity index (χ4n) is 1.43. The molecule has 1 heterocycles. The summed E-state index contributed by atoms with van der Waals surface area (Å²) in [6.45, 7) is 2.03. The number of rotatable bonds is 3. The molecule has 18 heavy (non-hydrogen) atoms. The van der Waals surface area contributed by atoms with Gasteiger partial charge in [0.05, 0.1) is 0 Å². The van der Waals surface area contributed by atoms with E-state index < -0.39 is 0 Å². The first-order valence-corrected chi connectivity index (χ1v) is 6.22. The number of urea groups is 1. The van der Waals surface area contributed by atoms with E-state index in [0.717, 1.165) is 5.56 Å². The van der Waals surface area contributed by atoms with Gasteiger partial charge in [-0.1, -0.05) is 12.1 Å². The predicted octanol–water partition coefficient (Wildman–Crippen LogP) is 2.91. The van der Waals surface area contributed by atoms with Gasteiger partial charge in [-0.05, 0) is 24.1 Å². The zero-order chi connectivity index (χ0) is 13.0. The zero-order valence-electron chi connectivity index (χ0n) is 9.74. The van der Waals surface area contributed by atoms with Crippen molar-refractivity contribution in [1.29, 1.82) is 0 Å². The van der Waals surface area contributed by atoms with Crippen LogP contribution in [-0.2, 0) is 6.54 Å². The number of aromatic nitrogens is 1. The summed E-state index contributed by atoms with van der Waals surface area (Å²) in [6, 6.07) is 4.42. The van der Waals surface area contributed by atoms with Crippen molar-refractivity contribution in [2.24, 2.45) is 0 Å². The molecule has 2 N–H and O–H groups in total. The zero-order valence-corrected chi connectivity index (χ0v) is 10.6. The molecule has 0 saturated heterocycles. The number of amides is 2. The molecule has 0 atom stereocenters. The van der Waals surface area contributed by atoms with Crippen LogP contribution in [0.4, 0.5) is 14.3 Å². The van der Waals surface area contributed by atoms with E-state index in [2.05, 4.69) is 15.6 Å². The second kappa shape index (κ2) is 5.59. The molecule has 0 aliphatic carbocycles. The van der Waals surface area contributed by atoms with E-state index in [-0.39, 0.29) is 11.8 Å². The number of aryl methyl sites for hydroxylation is 1. The number of carbonyl (C=O) groups excluding carboxylic acids is 1. The molecule has 2 rings (SSSR count). The summed E-state index contributed by atoms with van der Waals surface area (Å²) in [7, 11) is 0. The Bertz CT molecular complexity index is 542. The maximum atomic E-state index is 13.0. The van der Waals surface area contributed by atoms with E-state index in [0.29, 0.717) is 17.2 Å². The van der Waals surface area contributed by atoms with Crippen molar-refractivity contribution in [2.45, 2.75) is 13.5 Å². The first-order valence-electron chi connectivity index (χ1n) is 5.34.